The van der Waals surface area contributed by atoms with Crippen LogP contribution in [0.5, 0.6) is 0 Å². The first kappa shape index (κ1) is 36.0. The summed E-state index contributed by atoms with van der Waals surface area (Å²) in [5, 5.41) is 0. The average Bonchev–Trinajstić information content (AvgIpc) is 3.68. The van der Waals surface area contributed by atoms with Crippen LogP contribution in [0.25, 0.3) is 0 Å². The van der Waals surface area contributed by atoms with E-state index in [4.69, 9.17) is 7.85 Å². The molecule has 4 aromatic carbocycles. The Kier molecular flexibility index (Phi) is 9.63. The van der Waals surface area contributed by atoms with Gasteiger partial charge in [0.05, 0.1) is 0 Å². The summed E-state index contributed by atoms with van der Waals surface area (Å²) in [6.45, 7) is 20.2. The van der Waals surface area contributed by atoms with Gasteiger partial charge in [-0.25, -0.2) is 0 Å². The smallest absolute Gasteiger partial charge is 0.218 e. The highest BCUT2D eigenvalue weighted by Gasteiger charge is 2.41. The van der Waals surface area contributed by atoms with Gasteiger partial charge in [0, 0.05) is 86.6 Å². The molecule has 2 aliphatic heterocycles. The van der Waals surface area contributed by atoms with Gasteiger partial charge in [-0.3, -0.25) is 0 Å². The summed E-state index contributed by atoms with van der Waals surface area (Å²) >= 11 is 3.68. The Balaban J connectivity index is 1.44. The summed E-state index contributed by atoms with van der Waals surface area (Å²) in [5.41, 5.74) is 17.3. The summed E-state index contributed by atoms with van der Waals surface area (Å²) in [6.07, 6.45) is 11.5. The molecule has 52 heavy (non-hydrogen) atoms. The van der Waals surface area contributed by atoms with Gasteiger partial charge in [0.15, 0.2) is 0 Å². The SMILES string of the molecule is [B]c1ccc([N+](=C2C(=CC=C3N(CC)c4ccc(C)cc4C3(C)C)CC/C2=C\C=C2\N(CC)c3ccc(C)cc3C2(C)C)c2ccc(Br)cc2)cc1. The van der Waals surface area contributed by atoms with E-state index < -0.39 is 0 Å². The highest BCUT2D eigenvalue weighted by Crippen LogP contribution is 2.49. The molecule has 0 atom stereocenters. The van der Waals surface area contributed by atoms with E-state index in [0.29, 0.717) is 0 Å². The monoisotopic (exact) mass is 746 g/mol. The van der Waals surface area contributed by atoms with Crippen LogP contribution in [-0.2, 0) is 10.8 Å². The van der Waals surface area contributed by atoms with Gasteiger partial charge >= 0.3 is 0 Å². The lowest BCUT2D eigenvalue weighted by atomic mass is 9.83. The third-order valence-corrected chi connectivity index (χ3v) is 11.9. The second-order valence-electron chi connectivity index (χ2n) is 15.5. The van der Waals surface area contributed by atoms with Crippen LogP contribution in [0.15, 0.2) is 136 Å². The number of allylic oxidation sites excluding steroid dienone is 8. The molecule has 5 heteroatoms. The van der Waals surface area contributed by atoms with Gasteiger partial charge in [0.2, 0.25) is 17.1 Å². The topological polar surface area (TPSA) is 9.49 Å². The standard InChI is InChI=1S/C47H50BBrN3/c1-9-50-41-25-11-31(3)29-39(41)46(5,6)43(50)27-15-33-13-14-34(16-28-44-47(7,8)40-30-32(4)12-26-42(40)51(44)10-2)45(33)52(37-21-17-35(48)18-22-37)38-23-19-36(49)20-24-38/h11-12,15-30H,9-10,13-14H2,1-8H3/q+1. The van der Waals surface area contributed by atoms with E-state index in [1.165, 1.54) is 61.9 Å². The van der Waals surface area contributed by atoms with E-state index in [-0.39, 0.29) is 10.8 Å². The molecule has 0 aromatic heterocycles. The third kappa shape index (κ3) is 6.25. The van der Waals surface area contributed by atoms with E-state index in [1.807, 2.05) is 12.1 Å². The van der Waals surface area contributed by atoms with E-state index in [0.717, 1.165) is 47.2 Å². The minimum atomic E-state index is -0.107. The van der Waals surface area contributed by atoms with Crippen LogP contribution >= 0.6 is 15.9 Å². The Labute approximate surface area is 321 Å². The molecule has 4 aromatic rings. The summed E-state index contributed by atoms with van der Waals surface area (Å²) in [4.78, 5) is 4.99. The molecule has 3 aliphatic rings. The van der Waals surface area contributed by atoms with Crippen LogP contribution in [0.3, 0.4) is 0 Å². The van der Waals surface area contributed by atoms with Crippen molar-refractivity contribution >= 4 is 57.7 Å². The van der Waals surface area contributed by atoms with Crippen molar-refractivity contribution in [2.75, 3.05) is 22.9 Å². The first-order valence-corrected chi connectivity index (χ1v) is 19.5. The quantitative estimate of drug-likeness (QED) is 0.144. The number of likely N-dealkylation sites (N-methyl/N-ethyl adjacent to an activating group) is 2. The highest BCUT2D eigenvalue weighted by atomic mass is 79.9. The van der Waals surface area contributed by atoms with Crippen LogP contribution in [0, 0.1) is 13.8 Å². The predicted octanol–water partition coefficient (Wildman–Crippen LogP) is 11.2. The average molecular weight is 748 g/mol. The Bertz CT molecular complexity index is 2040. The maximum absolute atomic E-state index is 6.24. The second kappa shape index (κ2) is 13.9. The van der Waals surface area contributed by atoms with E-state index in [1.54, 1.807) is 0 Å². The molecular formula is C47H50BBrN3+. The van der Waals surface area contributed by atoms with Gasteiger partial charge in [-0.05, 0) is 88.1 Å². The molecule has 1 saturated carbocycles. The lowest BCUT2D eigenvalue weighted by Crippen LogP contribution is -2.26. The van der Waals surface area contributed by atoms with Crippen LogP contribution < -0.4 is 19.8 Å². The molecule has 0 bridgehead atoms. The van der Waals surface area contributed by atoms with Crippen LogP contribution in [0.1, 0.15) is 76.6 Å². The number of halogens is 1. The van der Waals surface area contributed by atoms with Crippen molar-refractivity contribution < 1.29 is 0 Å². The first-order chi connectivity index (χ1) is 24.8. The van der Waals surface area contributed by atoms with Crippen molar-refractivity contribution in [2.24, 2.45) is 0 Å². The van der Waals surface area contributed by atoms with Gasteiger partial charge in [-0.15, -0.1) is 0 Å². The van der Waals surface area contributed by atoms with Gasteiger partial charge < -0.3 is 9.80 Å². The maximum Gasteiger partial charge on any atom is 0.218 e. The number of benzene rings is 4. The van der Waals surface area contributed by atoms with Crippen molar-refractivity contribution in [1.82, 2.24) is 4.58 Å². The van der Waals surface area contributed by atoms with E-state index in [9.17, 15) is 0 Å². The van der Waals surface area contributed by atoms with Crippen LogP contribution in [0.2, 0.25) is 0 Å². The number of anilines is 2. The number of fused-ring (bicyclic) bond motifs is 2. The highest BCUT2D eigenvalue weighted by molar-refractivity contribution is 9.10. The molecular weight excluding hydrogens is 697 g/mol. The molecule has 1 aliphatic carbocycles. The first-order valence-electron chi connectivity index (χ1n) is 18.7. The van der Waals surface area contributed by atoms with Gasteiger partial charge in [-0.2, -0.15) is 4.58 Å². The van der Waals surface area contributed by atoms with Crippen molar-refractivity contribution in [2.45, 2.75) is 79.1 Å². The van der Waals surface area contributed by atoms with E-state index >= 15 is 0 Å². The minimum absolute atomic E-state index is 0.107. The molecule has 2 radical (unpaired) electrons. The molecule has 7 rings (SSSR count). The number of nitrogens with zero attached hydrogens (tertiary/aromatic N) is 3. The Morgan fingerprint density at radius 3 is 1.48 bits per heavy atom. The van der Waals surface area contributed by atoms with Gasteiger partial charge in [0.25, 0.3) is 0 Å². The van der Waals surface area contributed by atoms with Crippen molar-refractivity contribution in [3.8, 4) is 0 Å². The minimum Gasteiger partial charge on any atom is -0.344 e. The normalized spacial score (nSPS) is 21.5. The molecule has 0 N–H and O–H groups in total. The fourth-order valence-electron chi connectivity index (χ4n) is 8.56. The lowest BCUT2D eigenvalue weighted by molar-refractivity contribution is 0.633. The van der Waals surface area contributed by atoms with Crippen molar-refractivity contribution in [3.63, 3.8) is 0 Å². The zero-order chi connectivity index (χ0) is 36.9. The Morgan fingerprint density at radius 1 is 0.635 bits per heavy atom. The Morgan fingerprint density at radius 2 is 1.06 bits per heavy atom. The molecule has 3 nitrogen and oxygen atoms in total. The molecule has 0 saturated heterocycles. The fourth-order valence-corrected chi connectivity index (χ4v) is 8.83. The number of aryl methyl sites for hydroxylation is 2. The zero-order valence-corrected chi connectivity index (χ0v) is 33.6. The summed E-state index contributed by atoms with van der Waals surface area (Å²) in [7, 11) is 6.24. The number of rotatable bonds is 6. The van der Waals surface area contributed by atoms with Crippen LogP contribution in [0.4, 0.5) is 22.7 Å². The maximum atomic E-state index is 6.24. The summed E-state index contributed by atoms with van der Waals surface area (Å²) in [5.74, 6) is 0. The molecule has 2 heterocycles. The molecule has 0 unspecified atom stereocenters. The van der Waals surface area contributed by atoms with Crippen molar-refractivity contribution in [3.05, 3.63) is 159 Å². The summed E-state index contributed by atoms with van der Waals surface area (Å²) in [6, 6.07) is 30.8. The van der Waals surface area contributed by atoms with E-state index in [2.05, 4.69) is 183 Å². The Hall–Kier alpha value is -4.35. The number of hydrogen-bond donors (Lipinski definition) is 0. The molecule has 0 spiro atoms. The number of hydrogen-bond acceptors (Lipinski definition) is 2. The van der Waals surface area contributed by atoms with Crippen LogP contribution in [-0.4, -0.2) is 26.6 Å². The van der Waals surface area contributed by atoms with Gasteiger partial charge in [-0.1, -0.05) is 109 Å². The fraction of sp³-hybridized carbons (Fsp3) is 0.298. The van der Waals surface area contributed by atoms with Gasteiger partial charge in [0.1, 0.15) is 7.85 Å². The predicted molar refractivity (Wildman–Crippen MR) is 228 cm³/mol. The molecule has 0 amide bonds. The second-order valence-corrected chi connectivity index (χ2v) is 16.4. The van der Waals surface area contributed by atoms with Crippen molar-refractivity contribution in [1.29, 1.82) is 0 Å². The largest absolute Gasteiger partial charge is 0.344 e. The third-order valence-electron chi connectivity index (χ3n) is 11.3. The lowest BCUT2D eigenvalue weighted by Gasteiger charge is -2.26. The molecule has 1 fully saturated rings. The molecule has 262 valence electrons. The zero-order valence-electron chi connectivity index (χ0n) is 32.0. The summed E-state index contributed by atoms with van der Waals surface area (Å²) < 4.78 is 3.49.